The minimum absolute atomic E-state index is 0.00255. The van der Waals surface area contributed by atoms with Crippen molar-refractivity contribution >= 4 is 29.5 Å². The molecule has 0 spiro atoms. The molecular weight excluding hydrogens is 859 g/mol. The maximum Gasteiger partial charge on any atom is 0.255 e. The first-order valence-corrected chi connectivity index (χ1v) is 22.0. The predicted molar refractivity (Wildman–Crippen MR) is 251 cm³/mol. The van der Waals surface area contributed by atoms with E-state index in [1.807, 2.05) is 51.1 Å². The van der Waals surface area contributed by atoms with Gasteiger partial charge in [-0.2, -0.15) is 5.26 Å². The van der Waals surface area contributed by atoms with Gasteiger partial charge in [-0.25, -0.2) is 9.97 Å². The van der Waals surface area contributed by atoms with E-state index in [9.17, 15) is 29.2 Å². The van der Waals surface area contributed by atoms with Gasteiger partial charge in [-0.3, -0.25) is 24.0 Å². The largest absolute Gasteiger partial charge is 0.492 e. The van der Waals surface area contributed by atoms with E-state index in [2.05, 4.69) is 31.2 Å². The van der Waals surface area contributed by atoms with E-state index in [-0.39, 0.29) is 63.4 Å². The van der Waals surface area contributed by atoms with Gasteiger partial charge in [0.2, 0.25) is 23.6 Å². The molecule has 19 nitrogen and oxygen atoms in total. The number of rotatable bonds is 16. The van der Waals surface area contributed by atoms with Gasteiger partial charge in [-0.05, 0) is 114 Å². The van der Waals surface area contributed by atoms with Crippen molar-refractivity contribution in [3.05, 3.63) is 88.7 Å². The van der Waals surface area contributed by atoms with Gasteiger partial charge in [0.05, 0.1) is 23.0 Å². The molecule has 1 aliphatic heterocycles. The number of likely N-dealkylation sites (N-methyl/N-ethyl adjacent to an activating group) is 1. The summed E-state index contributed by atoms with van der Waals surface area (Å²) in [6, 6.07) is 14.3. The van der Waals surface area contributed by atoms with Crippen molar-refractivity contribution in [1.82, 2.24) is 36.1 Å². The monoisotopic (exact) mass is 919 g/mol. The molecular formula is C48H61N11O8. The van der Waals surface area contributed by atoms with Gasteiger partial charge >= 0.3 is 0 Å². The first-order valence-electron chi connectivity index (χ1n) is 22.0. The Hall–Kier alpha value is -7.14. The lowest BCUT2D eigenvalue weighted by Crippen LogP contribution is -2.56. The van der Waals surface area contributed by atoms with Crippen LogP contribution < -0.4 is 52.7 Å². The Morgan fingerprint density at radius 3 is 2.07 bits per heavy atom. The molecule has 0 saturated heterocycles. The highest BCUT2D eigenvalue weighted by atomic mass is 16.5. The molecule has 0 aliphatic carbocycles. The average Bonchev–Trinajstić information content (AvgIpc) is 3.28. The van der Waals surface area contributed by atoms with Gasteiger partial charge in [-0.1, -0.05) is 12.1 Å². The SMILES string of the molecule is Cc1nc(-c2ccc(OC(C)(C)C)cc2)nc(C)c1C(=O)NC(CCN)C(=O)N(C)C1C(=O)NC(C)C(=O)NC(C(=O)NCC#N)Cc2ccc(OCCN)c(c2)-c2cc1ccc2OCCN. The third-order valence-electron chi connectivity index (χ3n) is 10.6. The van der Waals surface area contributed by atoms with Crippen LogP contribution in [0.5, 0.6) is 17.2 Å². The average molecular weight is 920 g/mol. The topological polar surface area (TPSA) is 292 Å². The molecule has 4 bridgehead atoms. The van der Waals surface area contributed by atoms with Gasteiger partial charge in [0, 0.05) is 43.2 Å². The highest BCUT2D eigenvalue weighted by Crippen LogP contribution is 2.40. The van der Waals surface area contributed by atoms with Crippen LogP contribution in [0.15, 0.2) is 60.7 Å². The van der Waals surface area contributed by atoms with Gasteiger partial charge < -0.3 is 57.6 Å². The van der Waals surface area contributed by atoms with Gasteiger partial charge in [0.25, 0.3) is 5.91 Å². The zero-order chi connectivity index (χ0) is 49.0. The number of hydrogen-bond donors (Lipinski definition) is 7. The van der Waals surface area contributed by atoms with E-state index in [0.29, 0.717) is 62.3 Å². The molecule has 10 N–H and O–H groups in total. The molecule has 0 fully saturated rings. The number of nitrogens with one attached hydrogen (secondary N) is 4. The number of carbonyl (C=O) groups excluding carboxylic acids is 5. The lowest BCUT2D eigenvalue weighted by molar-refractivity contribution is -0.141. The molecule has 5 rings (SSSR count). The molecule has 4 atom stereocenters. The van der Waals surface area contributed by atoms with E-state index < -0.39 is 53.7 Å². The lowest BCUT2D eigenvalue weighted by Gasteiger charge is -2.32. The van der Waals surface area contributed by atoms with Crippen LogP contribution in [-0.4, -0.2) is 115 Å². The number of benzene rings is 3. The second-order valence-corrected chi connectivity index (χ2v) is 17.0. The maximum absolute atomic E-state index is 14.7. The molecule has 67 heavy (non-hydrogen) atoms. The molecule has 4 unspecified atom stereocenters. The summed E-state index contributed by atoms with van der Waals surface area (Å²) in [7, 11) is 1.41. The number of carbonyl (C=O) groups is 5. The minimum Gasteiger partial charge on any atom is -0.492 e. The predicted octanol–water partition coefficient (Wildman–Crippen LogP) is 2.11. The van der Waals surface area contributed by atoms with Gasteiger partial charge in [-0.15, -0.1) is 0 Å². The molecule has 1 aromatic heterocycles. The third kappa shape index (κ3) is 13.0. The van der Waals surface area contributed by atoms with Crippen LogP contribution in [0.2, 0.25) is 0 Å². The van der Waals surface area contributed by atoms with Crippen molar-refractivity contribution in [1.29, 1.82) is 5.26 Å². The number of amides is 5. The Morgan fingerprint density at radius 1 is 0.881 bits per heavy atom. The summed E-state index contributed by atoms with van der Waals surface area (Å²) in [4.78, 5) is 81.0. The zero-order valence-corrected chi connectivity index (χ0v) is 39.0. The van der Waals surface area contributed by atoms with E-state index in [4.69, 9.17) is 31.4 Å². The molecule has 5 amide bonds. The van der Waals surface area contributed by atoms with Crippen LogP contribution in [0.1, 0.15) is 73.0 Å². The standard InChI is InChI=1S/C48H61N11O8/c1-27-40(28(2)55-42(54-27)31-9-12-33(13-10-31)67-48(4,5)6)45(62)57-36(16-17-49)47(64)59(7)41-32-11-15-39(66-23-20-52)35(26-32)34-24-30(8-14-38(34)65-22-19-51)25-37(44(61)53-21-18-50)58-43(60)29(3)56-46(41)63/h8-15,24,26,29,36-37,41H,16-17,19-23,25,49,51-52H2,1-7H3,(H,53,61)(H,56,63)(H,57,62)(H,58,60). The summed E-state index contributed by atoms with van der Waals surface area (Å²) >= 11 is 0. The Morgan fingerprint density at radius 2 is 1.49 bits per heavy atom. The number of nitrogens with zero attached hydrogens (tertiary/aromatic N) is 4. The molecule has 2 heterocycles. The number of hydrogen-bond acceptors (Lipinski definition) is 14. The van der Waals surface area contributed by atoms with Crippen molar-refractivity contribution < 1.29 is 38.2 Å². The maximum atomic E-state index is 14.7. The number of aromatic nitrogens is 2. The molecule has 356 valence electrons. The smallest absolute Gasteiger partial charge is 0.255 e. The van der Waals surface area contributed by atoms with Gasteiger partial charge in [0.1, 0.15) is 66.8 Å². The second kappa shape index (κ2) is 22.9. The summed E-state index contributed by atoms with van der Waals surface area (Å²) in [5.41, 5.74) is 20.8. The number of nitriles is 1. The molecule has 3 aromatic carbocycles. The fraction of sp³-hybridized carbons (Fsp3) is 0.417. The van der Waals surface area contributed by atoms with Crippen LogP contribution in [-0.2, 0) is 25.6 Å². The number of fused-ring (bicyclic) bond motifs is 5. The number of aryl methyl sites for hydroxylation is 2. The summed E-state index contributed by atoms with van der Waals surface area (Å²) in [5.74, 6) is -1.55. The van der Waals surface area contributed by atoms with E-state index >= 15 is 0 Å². The Kier molecular flexibility index (Phi) is 17.3. The second-order valence-electron chi connectivity index (χ2n) is 17.0. The van der Waals surface area contributed by atoms with Crippen molar-refractivity contribution in [3.8, 4) is 45.8 Å². The van der Waals surface area contributed by atoms with Crippen LogP contribution in [0.3, 0.4) is 0 Å². The molecule has 0 saturated carbocycles. The van der Waals surface area contributed by atoms with Crippen molar-refractivity contribution in [2.24, 2.45) is 17.2 Å². The summed E-state index contributed by atoms with van der Waals surface area (Å²) < 4.78 is 18.1. The fourth-order valence-corrected chi connectivity index (χ4v) is 7.56. The summed E-state index contributed by atoms with van der Waals surface area (Å²) in [5, 5.41) is 19.9. The lowest BCUT2D eigenvalue weighted by atomic mass is 9.93. The van der Waals surface area contributed by atoms with Crippen molar-refractivity contribution in [3.63, 3.8) is 0 Å². The highest BCUT2D eigenvalue weighted by molar-refractivity contribution is 6.00. The fourth-order valence-electron chi connectivity index (χ4n) is 7.56. The normalized spacial score (nSPS) is 16.5. The summed E-state index contributed by atoms with van der Waals surface area (Å²) in [6.45, 7) is 11.0. The van der Waals surface area contributed by atoms with Crippen LogP contribution in [0.25, 0.3) is 22.5 Å². The van der Waals surface area contributed by atoms with Crippen LogP contribution >= 0.6 is 0 Å². The van der Waals surface area contributed by atoms with Crippen LogP contribution in [0, 0.1) is 25.2 Å². The summed E-state index contributed by atoms with van der Waals surface area (Å²) in [6.07, 6.45) is -0.0134. The van der Waals surface area contributed by atoms with Crippen molar-refractivity contribution in [2.75, 3.05) is 46.4 Å². The first-order chi connectivity index (χ1) is 31.9. The quantitative estimate of drug-likeness (QED) is 0.0793. The Balaban J connectivity index is 1.56. The van der Waals surface area contributed by atoms with E-state index in [1.54, 1.807) is 50.2 Å². The zero-order valence-electron chi connectivity index (χ0n) is 39.0. The number of nitrogens with two attached hydrogens (primary N) is 3. The molecule has 0 radical (unpaired) electrons. The van der Waals surface area contributed by atoms with Crippen LogP contribution in [0.4, 0.5) is 0 Å². The Bertz CT molecular complexity index is 2460. The minimum atomic E-state index is -1.41. The van der Waals surface area contributed by atoms with E-state index in [1.165, 1.54) is 18.9 Å². The number of ether oxygens (including phenoxy) is 3. The van der Waals surface area contributed by atoms with Gasteiger partial charge in [0.15, 0.2) is 5.82 Å². The molecule has 19 heteroatoms. The Labute approximate surface area is 390 Å². The molecule has 1 aliphatic rings. The van der Waals surface area contributed by atoms with E-state index in [0.717, 1.165) is 0 Å². The first kappa shape index (κ1) is 50.9. The molecule has 4 aromatic rings. The van der Waals surface area contributed by atoms with Crippen molar-refractivity contribution in [2.45, 2.75) is 84.2 Å². The third-order valence-corrected chi connectivity index (χ3v) is 10.6. The highest BCUT2D eigenvalue weighted by Gasteiger charge is 2.36.